The summed E-state index contributed by atoms with van der Waals surface area (Å²) >= 11 is 0. The Kier molecular flexibility index (Phi) is 10.7. The van der Waals surface area contributed by atoms with E-state index in [2.05, 4.69) is 22.5 Å². The van der Waals surface area contributed by atoms with Crippen molar-refractivity contribution in [3.8, 4) is 5.75 Å². The lowest BCUT2D eigenvalue weighted by Crippen LogP contribution is -2.40. The first kappa shape index (κ1) is 37.2. The van der Waals surface area contributed by atoms with Crippen LogP contribution in [-0.2, 0) is 25.2 Å². The fourth-order valence-corrected chi connectivity index (χ4v) is 7.50. The molecular weight excluding hydrogens is 639 g/mol. The normalized spacial score (nSPS) is 15.8. The van der Waals surface area contributed by atoms with E-state index in [1.165, 1.54) is 17.2 Å². The molecule has 0 spiro atoms. The second-order valence-corrected chi connectivity index (χ2v) is 16.3. The summed E-state index contributed by atoms with van der Waals surface area (Å²) in [7, 11) is 0.774. The zero-order valence-corrected chi connectivity index (χ0v) is 30.7. The van der Waals surface area contributed by atoms with Crippen molar-refractivity contribution in [2.45, 2.75) is 98.3 Å². The van der Waals surface area contributed by atoms with E-state index in [0.29, 0.717) is 0 Å². The van der Waals surface area contributed by atoms with Gasteiger partial charge in [0.15, 0.2) is 11.4 Å². The van der Waals surface area contributed by atoms with Gasteiger partial charge in [0, 0.05) is 33.5 Å². The van der Waals surface area contributed by atoms with Gasteiger partial charge in [-0.3, -0.25) is 28.1 Å². The number of nitrogens with one attached hydrogen (secondary N) is 2. The minimum absolute atomic E-state index is 0.0122. The van der Waals surface area contributed by atoms with Crippen molar-refractivity contribution in [2.75, 3.05) is 31.5 Å². The molecule has 3 aromatic rings. The number of phosphoric acid groups is 1. The average Bonchev–Trinajstić information content (AvgIpc) is 3.54. The highest BCUT2D eigenvalue weighted by Crippen LogP contribution is 2.55. The second kappa shape index (κ2) is 13.7. The maximum atomic E-state index is 13.6. The second-order valence-electron chi connectivity index (χ2n) is 14.8. The molecular formula is C33H49N6O8P. The number of nitrogens with zero attached hydrogens (tertiary/aromatic N) is 4. The predicted molar refractivity (Wildman–Crippen MR) is 184 cm³/mol. The van der Waals surface area contributed by atoms with E-state index in [1.807, 2.05) is 20.2 Å². The average molecular weight is 689 g/mol. The number of pyridine rings is 1. The Morgan fingerprint density at radius 3 is 2.17 bits per heavy atom. The van der Waals surface area contributed by atoms with E-state index in [-0.39, 0.29) is 40.0 Å². The van der Waals surface area contributed by atoms with Crippen LogP contribution in [0.4, 0.5) is 17.1 Å². The smallest absolute Gasteiger partial charge is 0.462 e. The highest BCUT2D eigenvalue weighted by Gasteiger charge is 2.42. The molecule has 15 heteroatoms. The van der Waals surface area contributed by atoms with E-state index >= 15 is 0 Å². The van der Waals surface area contributed by atoms with Gasteiger partial charge in [-0.15, -0.1) is 0 Å². The van der Waals surface area contributed by atoms with Crippen LogP contribution in [0.25, 0.3) is 0 Å². The van der Waals surface area contributed by atoms with Crippen LogP contribution >= 0.6 is 7.82 Å². The fourth-order valence-electron chi connectivity index (χ4n) is 5.83. The van der Waals surface area contributed by atoms with Crippen molar-refractivity contribution < 1.29 is 27.7 Å². The van der Waals surface area contributed by atoms with Gasteiger partial charge in [0.25, 0.3) is 16.8 Å². The largest absolute Gasteiger partial charge is 0.478 e. The fraction of sp³-hybridized carbons (Fsp3) is 0.606. The third kappa shape index (κ3) is 8.52. The number of carbonyl (C=O) groups is 1. The number of aryl methyl sites for hydroxylation is 2. The van der Waals surface area contributed by atoms with Crippen LogP contribution in [0.15, 0.2) is 28.0 Å². The third-order valence-electron chi connectivity index (χ3n) is 7.92. The summed E-state index contributed by atoms with van der Waals surface area (Å²) in [6.45, 7) is 13.7. The number of ether oxygens (including phenoxy) is 1. The molecule has 0 bridgehead atoms. The Morgan fingerprint density at radius 1 is 1.06 bits per heavy atom. The molecule has 1 aromatic carbocycles. The van der Waals surface area contributed by atoms with E-state index in [9.17, 15) is 18.9 Å². The summed E-state index contributed by atoms with van der Waals surface area (Å²) in [5, 5.41) is 11.1. The van der Waals surface area contributed by atoms with Crippen LogP contribution in [0.2, 0.25) is 0 Å². The molecule has 2 heterocycles. The lowest BCUT2D eigenvalue weighted by atomic mass is 9.78. The Hall–Kier alpha value is -3.58. The number of rotatable bonds is 13. The molecule has 14 nitrogen and oxygen atoms in total. The van der Waals surface area contributed by atoms with E-state index in [4.69, 9.17) is 23.4 Å². The molecule has 264 valence electrons. The van der Waals surface area contributed by atoms with Crippen LogP contribution in [0.5, 0.6) is 5.75 Å². The number of amides is 1. The van der Waals surface area contributed by atoms with Gasteiger partial charge in [-0.1, -0.05) is 19.8 Å². The molecule has 2 aromatic heterocycles. The van der Waals surface area contributed by atoms with Crippen molar-refractivity contribution in [1.82, 2.24) is 19.7 Å². The summed E-state index contributed by atoms with van der Waals surface area (Å²) in [6.07, 6.45) is 7.26. The standard InChI is InChI=1S/C33H49N6O8P/c1-20-18-39(11)37-22(20)29(33(8)15-12-13-16-33)36-24-23(26(40)27(24)41)35-21-14-17-34-25(30(42)38(9)10)28(21)44-19-45-48(43,46-31(2,3)4)47-32(5,6)7/h14,17-18,29,36H,12-13,15-16,19H2,1-11H3,(H,34,35)/t29-/m0/s1. The highest BCUT2D eigenvalue weighted by molar-refractivity contribution is 7.48. The summed E-state index contributed by atoms with van der Waals surface area (Å²) in [5.41, 5.74) is -1.41. The molecule has 1 atom stereocenters. The van der Waals surface area contributed by atoms with E-state index < -0.39 is 42.6 Å². The number of hydrogen-bond donors (Lipinski definition) is 2. The Morgan fingerprint density at radius 2 is 1.65 bits per heavy atom. The number of hydrogen-bond acceptors (Lipinski definition) is 12. The highest BCUT2D eigenvalue weighted by atomic mass is 31.2. The quantitative estimate of drug-likeness (QED) is 0.123. The lowest BCUT2D eigenvalue weighted by Gasteiger charge is -2.35. The topological polar surface area (TPSA) is 163 Å². The monoisotopic (exact) mass is 688 g/mol. The zero-order valence-electron chi connectivity index (χ0n) is 29.8. The van der Waals surface area contributed by atoms with Crippen molar-refractivity contribution >= 4 is 30.8 Å². The molecule has 0 aliphatic heterocycles. The molecule has 0 radical (unpaired) electrons. The summed E-state index contributed by atoms with van der Waals surface area (Å²) in [4.78, 5) is 44.8. The molecule has 48 heavy (non-hydrogen) atoms. The molecule has 2 N–H and O–H groups in total. The van der Waals surface area contributed by atoms with Gasteiger partial charge in [0.2, 0.25) is 6.79 Å². The maximum absolute atomic E-state index is 13.6. The number of phosphoric ester groups is 1. The van der Waals surface area contributed by atoms with Crippen molar-refractivity contribution in [3.05, 3.63) is 55.9 Å². The Bertz CT molecular complexity index is 1740. The molecule has 1 aliphatic rings. The van der Waals surface area contributed by atoms with Gasteiger partial charge in [0.05, 0.1) is 28.6 Å². The number of anilines is 3. The van der Waals surface area contributed by atoms with Gasteiger partial charge in [0.1, 0.15) is 11.4 Å². The molecule has 1 amide bonds. The van der Waals surface area contributed by atoms with Gasteiger partial charge in [-0.25, -0.2) is 14.1 Å². The molecule has 1 fully saturated rings. The first-order chi connectivity index (χ1) is 22.1. The van der Waals surface area contributed by atoms with Gasteiger partial charge < -0.3 is 20.3 Å². The van der Waals surface area contributed by atoms with Crippen LogP contribution in [0.3, 0.4) is 0 Å². The van der Waals surface area contributed by atoms with E-state index in [1.54, 1.807) is 60.3 Å². The zero-order chi connectivity index (χ0) is 35.8. The summed E-state index contributed by atoms with van der Waals surface area (Å²) in [5.74, 6) is -0.593. The van der Waals surface area contributed by atoms with Crippen molar-refractivity contribution in [2.24, 2.45) is 12.5 Å². The molecule has 0 saturated heterocycles. The molecule has 0 unspecified atom stereocenters. The maximum Gasteiger partial charge on any atom is 0.478 e. The first-order valence-corrected chi connectivity index (χ1v) is 17.5. The van der Waals surface area contributed by atoms with Gasteiger partial charge in [-0.05, 0) is 78.4 Å². The minimum atomic E-state index is -4.17. The van der Waals surface area contributed by atoms with Crippen LogP contribution in [-0.4, -0.2) is 57.7 Å². The molecule has 1 aliphatic carbocycles. The molecule has 4 rings (SSSR count). The first-order valence-electron chi connectivity index (χ1n) is 16.0. The Balaban J connectivity index is 1.69. The summed E-state index contributed by atoms with van der Waals surface area (Å²) in [6, 6.07) is 1.16. The van der Waals surface area contributed by atoms with E-state index in [0.717, 1.165) is 36.9 Å². The van der Waals surface area contributed by atoms with Crippen LogP contribution in [0.1, 0.15) is 102 Å². The van der Waals surface area contributed by atoms with Crippen molar-refractivity contribution in [3.63, 3.8) is 0 Å². The van der Waals surface area contributed by atoms with Crippen LogP contribution < -0.4 is 26.2 Å². The van der Waals surface area contributed by atoms with Gasteiger partial charge >= 0.3 is 7.82 Å². The number of carbonyl (C=O) groups excluding carboxylic acids is 1. The van der Waals surface area contributed by atoms with Crippen molar-refractivity contribution in [1.29, 1.82) is 0 Å². The summed E-state index contributed by atoms with van der Waals surface area (Å²) < 4.78 is 38.2. The predicted octanol–water partition coefficient (Wildman–Crippen LogP) is 5.99. The van der Waals surface area contributed by atoms with Crippen LogP contribution in [0, 0.1) is 12.3 Å². The number of aromatic nitrogens is 3. The third-order valence-corrected chi connectivity index (χ3v) is 9.89. The lowest BCUT2D eigenvalue weighted by molar-refractivity contribution is -0.0189. The molecule has 1 saturated carbocycles. The van der Waals surface area contributed by atoms with Gasteiger partial charge in [-0.2, -0.15) is 5.10 Å². The minimum Gasteiger partial charge on any atom is -0.462 e. The Labute approximate surface area is 281 Å². The SMILES string of the molecule is Cc1cn(C)nc1[C@H](Nc1c(Nc2ccnc(C(=O)N(C)C)c2OCOP(=O)(OC(C)(C)C)OC(C)(C)C)c(=O)c1=O)C1(C)CCCC1.